The third-order valence-corrected chi connectivity index (χ3v) is 8.59. The fraction of sp³-hybridized carbons (Fsp3) is 0.516. The molecule has 1 spiro atoms. The van der Waals surface area contributed by atoms with E-state index in [0.29, 0.717) is 41.9 Å². The van der Waals surface area contributed by atoms with Crippen LogP contribution in [0.5, 0.6) is 0 Å². The lowest BCUT2D eigenvalue weighted by Crippen LogP contribution is -2.63. The van der Waals surface area contributed by atoms with Gasteiger partial charge in [-0.2, -0.15) is 0 Å². The molecule has 42 heavy (non-hydrogen) atoms. The Kier molecular flexibility index (Phi) is 7.03. The number of nitrogens with one attached hydrogen (secondary N) is 1. The molecule has 11 heteroatoms. The lowest BCUT2D eigenvalue weighted by atomic mass is 9.73. The van der Waals surface area contributed by atoms with Gasteiger partial charge in [0.2, 0.25) is 11.8 Å². The minimum absolute atomic E-state index is 0.00239. The number of carbonyl (C=O) groups excluding carboxylic acids is 4. The first-order valence-corrected chi connectivity index (χ1v) is 14.5. The number of hydrogen-bond acceptors (Lipinski definition) is 7. The van der Waals surface area contributed by atoms with E-state index in [1.54, 1.807) is 35.4 Å². The number of halogens is 1. The fourth-order valence-electron chi connectivity index (χ4n) is 6.73. The Morgan fingerprint density at radius 1 is 1.17 bits per heavy atom. The predicted octanol–water partition coefficient (Wildman–Crippen LogP) is 3.48. The van der Waals surface area contributed by atoms with E-state index in [9.17, 15) is 19.2 Å². The van der Waals surface area contributed by atoms with E-state index in [0.717, 1.165) is 25.9 Å². The molecule has 0 saturated carbocycles. The number of rotatable bonds is 4. The molecule has 5 heterocycles. The van der Waals surface area contributed by atoms with Crippen LogP contribution in [0.25, 0.3) is 11.3 Å². The van der Waals surface area contributed by atoms with Gasteiger partial charge in [-0.3, -0.25) is 29.6 Å². The number of hydrogen-bond donors (Lipinski definition) is 1. The number of carbonyl (C=O) groups is 4. The Bertz CT molecular complexity index is 1460. The summed E-state index contributed by atoms with van der Waals surface area (Å²) >= 11 is 0. The highest BCUT2D eigenvalue weighted by Gasteiger charge is 2.47. The van der Waals surface area contributed by atoms with Crippen molar-refractivity contribution in [3.8, 4) is 11.3 Å². The quantitative estimate of drug-likeness (QED) is 0.554. The van der Waals surface area contributed by atoms with Crippen molar-refractivity contribution in [2.24, 2.45) is 5.41 Å². The van der Waals surface area contributed by atoms with E-state index in [1.165, 1.54) is 4.90 Å². The first-order chi connectivity index (χ1) is 19.9. The first kappa shape index (κ1) is 28.3. The lowest BCUT2D eigenvalue weighted by Gasteiger charge is -2.54. The summed E-state index contributed by atoms with van der Waals surface area (Å²) in [5.74, 6) is -1.47. The maximum absolute atomic E-state index is 15.8. The summed E-state index contributed by atoms with van der Waals surface area (Å²) in [4.78, 5) is 59.4. The second kappa shape index (κ2) is 10.4. The molecule has 1 N–H and O–H groups in total. The van der Waals surface area contributed by atoms with E-state index in [4.69, 9.17) is 4.74 Å². The maximum Gasteiger partial charge on any atom is 0.410 e. The molecule has 10 nitrogen and oxygen atoms in total. The highest BCUT2D eigenvalue weighted by atomic mass is 19.1. The molecule has 6 rings (SSSR count). The zero-order valence-electron chi connectivity index (χ0n) is 24.2. The zero-order valence-corrected chi connectivity index (χ0v) is 24.2. The number of fused-ring (bicyclic) bond motifs is 1. The zero-order chi connectivity index (χ0) is 29.8. The van der Waals surface area contributed by atoms with Gasteiger partial charge >= 0.3 is 6.09 Å². The molecule has 2 aromatic rings. The SMILES string of the molecule is CC(C)(C)OC(=O)N1CCCC2(CN(Cc3ccnc(-c4ccc5c(c4)CN(C4CCC(=O)NC4=O)C5=O)c3F)C2)C1. The number of ether oxygens (including phenoxy) is 1. The van der Waals surface area contributed by atoms with Crippen LogP contribution >= 0.6 is 0 Å². The van der Waals surface area contributed by atoms with Gasteiger partial charge in [0.25, 0.3) is 5.91 Å². The van der Waals surface area contributed by atoms with Crippen LogP contribution in [0.1, 0.15) is 67.9 Å². The van der Waals surface area contributed by atoms with Gasteiger partial charge < -0.3 is 14.5 Å². The van der Waals surface area contributed by atoms with Crippen molar-refractivity contribution in [2.45, 2.75) is 71.2 Å². The summed E-state index contributed by atoms with van der Waals surface area (Å²) in [6.45, 7) is 9.14. The van der Waals surface area contributed by atoms with E-state index in [2.05, 4.69) is 15.2 Å². The molecule has 0 bridgehead atoms. The second-order valence-corrected chi connectivity index (χ2v) is 13.1. The molecule has 222 valence electrons. The van der Waals surface area contributed by atoms with Gasteiger partial charge in [0.15, 0.2) is 5.82 Å². The van der Waals surface area contributed by atoms with Crippen LogP contribution in [0.2, 0.25) is 0 Å². The summed E-state index contributed by atoms with van der Waals surface area (Å²) < 4.78 is 21.4. The first-order valence-electron chi connectivity index (χ1n) is 14.5. The van der Waals surface area contributed by atoms with Crippen LogP contribution in [0.4, 0.5) is 9.18 Å². The molecule has 3 fully saturated rings. The van der Waals surface area contributed by atoms with Gasteiger partial charge in [-0.25, -0.2) is 9.18 Å². The number of pyridine rings is 1. The third-order valence-electron chi connectivity index (χ3n) is 8.59. The minimum atomic E-state index is -0.704. The van der Waals surface area contributed by atoms with E-state index in [-0.39, 0.29) is 48.4 Å². The Hall–Kier alpha value is -3.86. The van der Waals surface area contributed by atoms with E-state index in [1.807, 2.05) is 20.8 Å². The normalized spacial score (nSPS) is 22.2. The van der Waals surface area contributed by atoms with Crippen LogP contribution in [0, 0.1) is 11.2 Å². The van der Waals surface area contributed by atoms with Crippen LogP contribution in [0.15, 0.2) is 30.5 Å². The summed E-state index contributed by atoms with van der Waals surface area (Å²) in [7, 11) is 0. The Labute approximate surface area is 244 Å². The Morgan fingerprint density at radius 3 is 2.69 bits per heavy atom. The molecule has 0 aliphatic carbocycles. The van der Waals surface area contributed by atoms with Crippen LogP contribution < -0.4 is 5.32 Å². The molecular formula is C31H36FN5O5. The standard InChI is InChI=1S/C31H36FN5O5/c1-30(2,3)42-29(41)36-12-4-10-31(18-36)16-35(17-31)14-20-9-11-33-26(25(20)32)19-5-6-22-21(13-19)15-37(28(22)40)23-7-8-24(38)34-27(23)39/h5-6,9,11,13,23H,4,7-8,10,12,14-18H2,1-3H3,(H,34,38,39). The Morgan fingerprint density at radius 2 is 1.95 bits per heavy atom. The fourth-order valence-corrected chi connectivity index (χ4v) is 6.73. The minimum Gasteiger partial charge on any atom is -0.444 e. The van der Waals surface area contributed by atoms with Crippen LogP contribution in [-0.4, -0.2) is 81.3 Å². The van der Waals surface area contributed by atoms with Crippen LogP contribution in [0.3, 0.4) is 0 Å². The number of piperidine rings is 2. The molecule has 1 unspecified atom stereocenters. The molecule has 4 amide bonds. The molecule has 4 aliphatic heterocycles. The van der Waals surface area contributed by atoms with Gasteiger partial charge in [-0.05, 0) is 63.8 Å². The molecular weight excluding hydrogens is 541 g/mol. The predicted molar refractivity (Wildman–Crippen MR) is 150 cm³/mol. The van der Waals surface area contributed by atoms with Crippen molar-refractivity contribution in [3.63, 3.8) is 0 Å². The van der Waals surface area contributed by atoms with Crippen molar-refractivity contribution in [3.05, 3.63) is 53.0 Å². The maximum atomic E-state index is 15.8. The number of imide groups is 1. The van der Waals surface area contributed by atoms with Gasteiger partial charge in [0.1, 0.15) is 17.3 Å². The second-order valence-electron chi connectivity index (χ2n) is 13.1. The lowest BCUT2D eigenvalue weighted by molar-refractivity contribution is -0.136. The van der Waals surface area contributed by atoms with E-state index >= 15 is 4.39 Å². The highest BCUT2D eigenvalue weighted by Crippen LogP contribution is 2.40. The summed E-state index contributed by atoms with van der Waals surface area (Å²) in [5, 5.41) is 2.31. The van der Waals surface area contributed by atoms with Crippen molar-refractivity contribution in [2.75, 3.05) is 26.2 Å². The summed E-state index contributed by atoms with van der Waals surface area (Å²) in [6.07, 6.45) is 3.73. The molecule has 1 aromatic heterocycles. The molecule has 3 saturated heterocycles. The average molecular weight is 578 g/mol. The topological polar surface area (TPSA) is 112 Å². The highest BCUT2D eigenvalue weighted by molar-refractivity contribution is 6.05. The number of nitrogens with zero attached hydrogens (tertiary/aromatic N) is 4. The third kappa shape index (κ3) is 5.37. The summed E-state index contributed by atoms with van der Waals surface area (Å²) in [5.41, 5.74) is 1.95. The number of benzene rings is 1. The number of likely N-dealkylation sites (tertiary alicyclic amines) is 2. The largest absolute Gasteiger partial charge is 0.444 e. The summed E-state index contributed by atoms with van der Waals surface area (Å²) in [6, 6.07) is 6.10. The smallest absolute Gasteiger partial charge is 0.410 e. The van der Waals surface area contributed by atoms with E-state index < -0.39 is 23.4 Å². The van der Waals surface area contributed by atoms with Crippen molar-refractivity contribution in [1.82, 2.24) is 25.0 Å². The molecule has 4 aliphatic rings. The van der Waals surface area contributed by atoms with Crippen molar-refractivity contribution >= 4 is 23.8 Å². The van der Waals surface area contributed by atoms with Crippen LogP contribution in [-0.2, 0) is 27.4 Å². The Balaban J connectivity index is 1.12. The molecule has 1 aromatic carbocycles. The molecule has 0 radical (unpaired) electrons. The van der Waals surface area contributed by atoms with Crippen molar-refractivity contribution in [1.29, 1.82) is 0 Å². The van der Waals surface area contributed by atoms with Crippen molar-refractivity contribution < 1.29 is 28.3 Å². The van der Waals surface area contributed by atoms with Gasteiger partial charge in [0, 0.05) is 74.0 Å². The van der Waals surface area contributed by atoms with Gasteiger partial charge in [-0.15, -0.1) is 0 Å². The molecule has 1 atom stereocenters. The number of amides is 4. The van der Waals surface area contributed by atoms with Gasteiger partial charge in [0.05, 0.1) is 0 Å². The average Bonchev–Trinajstić information content (AvgIpc) is 3.23. The van der Waals surface area contributed by atoms with Gasteiger partial charge in [-0.1, -0.05) is 6.07 Å². The monoisotopic (exact) mass is 577 g/mol. The number of aromatic nitrogens is 1.